The zero-order chi connectivity index (χ0) is 17.4. The molecule has 0 fully saturated rings. The number of nitrogens with one attached hydrogen (secondary N) is 1. The Labute approximate surface area is 156 Å². The summed E-state index contributed by atoms with van der Waals surface area (Å²) >= 11 is 2.18. The monoisotopic (exact) mass is 444 g/mol. The summed E-state index contributed by atoms with van der Waals surface area (Å²) < 4.78 is 8.38. The van der Waals surface area contributed by atoms with E-state index in [1.165, 1.54) is 6.20 Å². The lowest BCUT2D eigenvalue weighted by molar-refractivity contribution is 0.439. The van der Waals surface area contributed by atoms with Crippen molar-refractivity contribution < 1.29 is 4.74 Å². The summed E-state index contributed by atoms with van der Waals surface area (Å²) in [6.07, 6.45) is 1.51. The minimum Gasteiger partial charge on any atom is -0.424 e. The first-order chi connectivity index (χ1) is 12.1. The van der Waals surface area contributed by atoms with Gasteiger partial charge in [-0.3, -0.25) is 9.78 Å². The molecule has 6 nitrogen and oxygen atoms in total. The van der Waals surface area contributed by atoms with Gasteiger partial charge in [0.1, 0.15) is 11.1 Å². The quantitative estimate of drug-likeness (QED) is 0.488. The molecule has 0 aliphatic heterocycles. The number of aryl methyl sites for hydroxylation is 1. The van der Waals surface area contributed by atoms with Gasteiger partial charge < -0.3 is 4.74 Å². The number of benzene rings is 2. The van der Waals surface area contributed by atoms with Gasteiger partial charge in [-0.2, -0.15) is 10.1 Å². The summed E-state index contributed by atoms with van der Waals surface area (Å²) in [5, 5.41) is 4.70. The summed E-state index contributed by atoms with van der Waals surface area (Å²) in [6, 6.07) is 15.5. The molecule has 25 heavy (non-hydrogen) atoms. The average Bonchev–Trinajstić information content (AvgIpc) is 3.03. The third-order valence-corrected chi connectivity index (χ3v) is 4.60. The molecule has 0 radical (unpaired) electrons. The van der Waals surface area contributed by atoms with Crippen LogP contribution in [0.4, 0.5) is 0 Å². The van der Waals surface area contributed by atoms with Crippen LogP contribution in [0.2, 0.25) is 0 Å². The van der Waals surface area contributed by atoms with Gasteiger partial charge in [-0.05, 0) is 59.3 Å². The van der Waals surface area contributed by atoms with Gasteiger partial charge >= 0.3 is 6.01 Å². The molecule has 124 valence electrons. The average molecular weight is 444 g/mol. The maximum absolute atomic E-state index is 12.4. The van der Waals surface area contributed by atoms with E-state index >= 15 is 0 Å². The zero-order valence-corrected chi connectivity index (χ0v) is 15.4. The molecule has 0 spiro atoms. The van der Waals surface area contributed by atoms with Gasteiger partial charge in [0.2, 0.25) is 0 Å². The van der Waals surface area contributed by atoms with Crippen molar-refractivity contribution in [2.24, 2.45) is 0 Å². The number of halogens is 1. The number of rotatable bonds is 3. The maximum Gasteiger partial charge on any atom is 0.304 e. The van der Waals surface area contributed by atoms with Crippen LogP contribution in [0.5, 0.6) is 11.8 Å². The highest BCUT2D eigenvalue weighted by molar-refractivity contribution is 14.1. The molecule has 0 bridgehead atoms. The Bertz CT molecular complexity index is 1120. The Kier molecular flexibility index (Phi) is 4.00. The van der Waals surface area contributed by atoms with Gasteiger partial charge in [-0.1, -0.05) is 24.3 Å². The van der Waals surface area contributed by atoms with Gasteiger partial charge in [0.15, 0.2) is 5.65 Å². The van der Waals surface area contributed by atoms with Crippen LogP contribution < -0.4 is 10.3 Å². The second-order valence-corrected chi connectivity index (χ2v) is 6.70. The van der Waals surface area contributed by atoms with Crippen LogP contribution in [0.3, 0.4) is 0 Å². The number of para-hydroxylation sites is 1. The van der Waals surface area contributed by atoms with Crippen LogP contribution in [0.25, 0.3) is 16.7 Å². The molecule has 0 saturated carbocycles. The minimum atomic E-state index is -0.287. The molecular weight excluding hydrogens is 431 g/mol. The van der Waals surface area contributed by atoms with E-state index in [9.17, 15) is 4.79 Å². The zero-order valence-electron chi connectivity index (χ0n) is 13.2. The van der Waals surface area contributed by atoms with Crippen LogP contribution in [-0.2, 0) is 0 Å². The van der Waals surface area contributed by atoms with E-state index < -0.39 is 0 Å². The predicted octanol–water partition coefficient (Wildman–Crippen LogP) is 3.81. The summed E-state index contributed by atoms with van der Waals surface area (Å²) in [5.74, 6) is 0.647. The van der Waals surface area contributed by atoms with Crippen LogP contribution in [0.1, 0.15) is 5.56 Å². The lowest BCUT2D eigenvalue weighted by Gasteiger charge is -2.08. The number of hydrogen-bond acceptors (Lipinski definition) is 4. The van der Waals surface area contributed by atoms with E-state index in [0.717, 1.165) is 14.8 Å². The second kappa shape index (κ2) is 6.32. The number of hydrogen-bond donors (Lipinski definition) is 1. The van der Waals surface area contributed by atoms with E-state index in [2.05, 4.69) is 37.7 Å². The number of ether oxygens (including phenoxy) is 1. The molecule has 0 aliphatic carbocycles. The van der Waals surface area contributed by atoms with Crippen LogP contribution in [0.15, 0.2) is 59.5 Å². The second-order valence-electron chi connectivity index (χ2n) is 5.54. The maximum atomic E-state index is 12.4. The Balaban J connectivity index is 1.83. The van der Waals surface area contributed by atoms with Crippen molar-refractivity contribution >= 4 is 33.6 Å². The molecule has 4 aromatic rings. The fourth-order valence-corrected chi connectivity index (χ4v) is 2.94. The molecule has 0 atom stereocenters. The highest BCUT2D eigenvalue weighted by Gasteiger charge is 2.13. The van der Waals surface area contributed by atoms with Crippen molar-refractivity contribution in [3.05, 3.63) is 74.2 Å². The Hall–Kier alpha value is -2.68. The number of aromatic amines is 1. The van der Waals surface area contributed by atoms with E-state index in [1.54, 1.807) is 4.68 Å². The lowest BCUT2D eigenvalue weighted by atomic mass is 10.2. The standard InChI is InChI=1S/C18H13IN4O2/c1-11-7-8-14(19)15(9-11)25-18-21-16-13(17(24)22-18)10-20-23(16)12-5-3-2-4-6-12/h2-10H,1H3,(H,21,22,24). The topological polar surface area (TPSA) is 72.8 Å². The fourth-order valence-electron chi connectivity index (χ4n) is 2.50. The molecule has 7 heteroatoms. The molecule has 4 rings (SSSR count). The predicted molar refractivity (Wildman–Crippen MR) is 103 cm³/mol. The molecule has 0 unspecified atom stereocenters. The Morgan fingerprint density at radius 3 is 2.76 bits per heavy atom. The van der Waals surface area contributed by atoms with Gasteiger partial charge in [-0.25, -0.2) is 4.68 Å². The van der Waals surface area contributed by atoms with Crippen molar-refractivity contribution in [2.45, 2.75) is 6.92 Å². The van der Waals surface area contributed by atoms with Crippen LogP contribution in [0, 0.1) is 10.5 Å². The van der Waals surface area contributed by atoms with Crippen molar-refractivity contribution in [3.8, 4) is 17.4 Å². The van der Waals surface area contributed by atoms with E-state index in [0.29, 0.717) is 16.8 Å². The summed E-state index contributed by atoms with van der Waals surface area (Å²) in [5.41, 5.74) is 2.05. The molecular formula is C18H13IN4O2. The molecule has 2 heterocycles. The van der Waals surface area contributed by atoms with Crippen molar-refractivity contribution in [1.29, 1.82) is 0 Å². The molecule has 0 aliphatic rings. The molecule has 0 saturated heterocycles. The third-order valence-electron chi connectivity index (χ3n) is 3.71. The van der Waals surface area contributed by atoms with E-state index in [1.807, 2.05) is 55.5 Å². The van der Waals surface area contributed by atoms with Crippen molar-refractivity contribution in [1.82, 2.24) is 19.7 Å². The van der Waals surface area contributed by atoms with Crippen LogP contribution in [-0.4, -0.2) is 19.7 Å². The largest absolute Gasteiger partial charge is 0.424 e. The first kappa shape index (κ1) is 15.8. The number of H-pyrrole nitrogens is 1. The van der Waals surface area contributed by atoms with Gasteiger partial charge in [0.05, 0.1) is 15.5 Å². The molecule has 0 amide bonds. The SMILES string of the molecule is Cc1ccc(I)c(Oc2nc3c(cnn3-c3ccccc3)c(=O)[nH]2)c1. The molecule has 2 aromatic carbocycles. The van der Waals surface area contributed by atoms with Gasteiger partial charge in [0.25, 0.3) is 5.56 Å². The highest BCUT2D eigenvalue weighted by Crippen LogP contribution is 2.26. The summed E-state index contributed by atoms with van der Waals surface area (Å²) in [6.45, 7) is 1.98. The normalized spacial score (nSPS) is 11.0. The van der Waals surface area contributed by atoms with E-state index in [-0.39, 0.29) is 11.6 Å². The first-order valence-corrected chi connectivity index (χ1v) is 8.67. The van der Waals surface area contributed by atoms with Gasteiger partial charge in [0, 0.05) is 0 Å². The summed E-state index contributed by atoms with van der Waals surface area (Å²) in [7, 11) is 0. The number of aromatic nitrogens is 4. The number of fused-ring (bicyclic) bond motifs is 1. The number of nitrogens with zero attached hydrogens (tertiary/aromatic N) is 3. The molecule has 2 aromatic heterocycles. The molecule has 1 N–H and O–H groups in total. The van der Waals surface area contributed by atoms with Crippen molar-refractivity contribution in [2.75, 3.05) is 0 Å². The van der Waals surface area contributed by atoms with Crippen molar-refractivity contribution in [3.63, 3.8) is 0 Å². The Morgan fingerprint density at radius 2 is 1.96 bits per heavy atom. The summed E-state index contributed by atoms with van der Waals surface area (Å²) in [4.78, 5) is 19.5. The third kappa shape index (κ3) is 3.02. The minimum absolute atomic E-state index is 0.138. The van der Waals surface area contributed by atoms with E-state index in [4.69, 9.17) is 4.74 Å². The van der Waals surface area contributed by atoms with Crippen LogP contribution >= 0.6 is 22.6 Å². The smallest absolute Gasteiger partial charge is 0.304 e. The lowest BCUT2D eigenvalue weighted by Crippen LogP contribution is -2.10. The first-order valence-electron chi connectivity index (χ1n) is 7.59. The van der Waals surface area contributed by atoms with Gasteiger partial charge in [-0.15, -0.1) is 0 Å². The Morgan fingerprint density at radius 1 is 1.16 bits per heavy atom. The fraction of sp³-hybridized carbons (Fsp3) is 0.0556. The highest BCUT2D eigenvalue weighted by atomic mass is 127.